The molecule has 0 aliphatic heterocycles. The van der Waals surface area contributed by atoms with Crippen LogP contribution in [0, 0.1) is 11.3 Å². The monoisotopic (exact) mass is 254 g/mol. The number of benzene rings is 1. The molecule has 90 valence electrons. The van der Waals surface area contributed by atoms with Gasteiger partial charge in [0.05, 0.1) is 36.1 Å². The van der Waals surface area contributed by atoms with Crippen LogP contribution in [0.15, 0.2) is 18.2 Å². The topological polar surface area (TPSA) is 82.3 Å². The Bertz CT molecular complexity index is 457. The molecular weight excluding hydrogens is 244 g/mol. The normalized spacial score (nSPS) is 11.4. The van der Waals surface area contributed by atoms with Gasteiger partial charge < -0.3 is 15.2 Å². The van der Waals surface area contributed by atoms with Gasteiger partial charge in [-0.25, -0.2) is 4.79 Å². The molecule has 0 aromatic heterocycles. The first-order valence-electron chi connectivity index (χ1n) is 4.77. The molecule has 1 aromatic carbocycles. The van der Waals surface area contributed by atoms with Gasteiger partial charge in [0, 0.05) is 0 Å². The SMILES string of the molecule is COC(=O)C(CO)Nc1ccc(C#N)cc1Cl. The third-order valence-electron chi connectivity index (χ3n) is 2.10. The molecule has 0 aliphatic rings. The van der Waals surface area contributed by atoms with Crippen LogP contribution in [0.2, 0.25) is 5.02 Å². The first-order valence-corrected chi connectivity index (χ1v) is 5.15. The first kappa shape index (κ1) is 13.3. The van der Waals surface area contributed by atoms with E-state index in [-0.39, 0.29) is 0 Å². The number of carbonyl (C=O) groups excluding carboxylic acids is 1. The molecule has 1 atom stereocenters. The van der Waals surface area contributed by atoms with E-state index in [1.165, 1.54) is 13.2 Å². The Morgan fingerprint density at radius 2 is 2.41 bits per heavy atom. The molecule has 0 fully saturated rings. The number of esters is 1. The number of ether oxygens (including phenoxy) is 1. The largest absolute Gasteiger partial charge is 0.467 e. The van der Waals surface area contributed by atoms with E-state index in [9.17, 15) is 4.79 Å². The highest BCUT2D eigenvalue weighted by Crippen LogP contribution is 2.23. The lowest BCUT2D eigenvalue weighted by molar-refractivity contribution is -0.142. The molecule has 2 N–H and O–H groups in total. The fraction of sp³-hybridized carbons (Fsp3) is 0.273. The van der Waals surface area contributed by atoms with Gasteiger partial charge in [-0.3, -0.25) is 0 Å². The summed E-state index contributed by atoms with van der Waals surface area (Å²) in [5, 5.41) is 20.7. The molecule has 1 aromatic rings. The number of aliphatic hydroxyl groups is 1. The second-order valence-corrected chi connectivity index (χ2v) is 3.62. The van der Waals surface area contributed by atoms with Crippen LogP contribution < -0.4 is 5.32 Å². The Labute approximate surface area is 104 Å². The molecule has 0 bridgehead atoms. The number of halogens is 1. The van der Waals surface area contributed by atoms with E-state index >= 15 is 0 Å². The third-order valence-corrected chi connectivity index (χ3v) is 2.41. The summed E-state index contributed by atoms with van der Waals surface area (Å²) in [6.07, 6.45) is 0. The van der Waals surface area contributed by atoms with E-state index < -0.39 is 18.6 Å². The zero-order valence-corrected chi connectivity index (χ0v) is 9.86. The number of nitrogens with zero attached hydrogens (tertiary/aromatic N) is 1. The number of nitrogens with one attached hydrogen (secondary N) is 1. The van der Waals surface area contributed by atoms with Crippen molar-refractivity contribution in [3.05, 3.63) is 28.8 Å². The van der Waals surface area contributed by atoms with Crippen molar-refractivity contribution in [2.45, 2.75) is 6.04 Å². The van der Waals surface area contributed by atoms with Crippen LogP contribution in [-0.4, -0.2) is 30.8 Å². The van der Waals surface area contributed by atoms with Crippen molar-refractivity contribution in [2.75, 3.05) is 19.0 Å². The van der Waals surface area contributed by atoms with Crippen LogP contribution in [0.1, 0.15) is 5.56 Å². The van der Waals surface area contributed by atoms with Crippen molar-refractivity contribution in [2.24, 2.45) is 0 Å². The lowest BCUT2D eigenvalue weighted by Crippen LogP contribution is -2.34. The van der Waals surface area contributed by atoms with Crippen molar-refractivity contribution in [1.82, 2.24) is 0 Å². The number of rotatable bonds is 4. The molecule has 0 spiro atoms. The molecular formula is C11H11ClN2O3. The quantitative estimate of drug-likeness (QED) is 0.788. The van der Waals surface area contributed by atoms with Crippen LogP contribution in [0.4, 0.5) is 5.69 Å². The van der Waals surface area contributed by atoms with E-state index in [1.54, 1.807) is 12.1 Å². The van der Waals surface area contributed by atoms with Crippen LogP contribution in [-0.2, 0) is 9.53 Å². The minimum absolute atomic E-state index is 0.298. The molecule has 0 aliphatic carbocycles. The summed E-state index contributed by atoms with van der Waals surface area (Å²) >= 11 is 5.91. The van der Waals surface area contributed by atoms with Crippen molar-refractivity contribution in [1.29, 1.82) is 5.26 Å². The Kier molecular flexibility index (Phi) is 4.76. The van der Waals surface area contributed by atoms with Gasteiger partial charge in [-0.15, -0.1) is 0 Å². The molecule has 0 saturated heterocycles. The van der Waals surface area contributed by atoms with Gasteiger partial charge in [0.2, 0.25) is 0 Å². The summed E-state index contributed by atoms with van der Waals surface area (Å²) < 4.78 is 4.50. The zero-order valence-electron chi connectivity index (χ0n) is 9.11. The summed E-state index contributed by atoms with van der Waals surface area (Å²) in [6, 6.07) is 5.64. The fourth-order valence-corrected chi connectivity index (χ4v) is 1.45. The van der Waals surface area contributed by atoms with Gasteiger partial charge in [0.25, 0.3) is 0 Å². The van der Waals surface area contributed by atoms with E-state index in [2.05, 4.69) is 10.1 Å². The van der Waals surface area contributed by atoms with E-state index in [4.69, 9.17) is 22.0 Å². The van der Waals surface area contributed by atoms with Crippen molar-refractivity contribution in [3.8, 4) is 6.07 Å². The molecule has 5 nitrogen and oxygen atoms in total. The zero-order chi connectivity index (χ0) is 12.8. The predicted molar refractivity (Wildman–Crippen MR) is 62.7 cm³/mol. The molecule has 1 rings (SSSR count). The molecule has 1 unspecified atom stereocenters. The molecule has 0 heterocycles. The summed E-state index contributed by atoms with van der Waals surface area (Å²) in [6.45, 7) is -0.414. The second kappa shape index (κ2) is 6.09. The number of carbonyl (C=O) groups is 1. The number of hydrogen-bond acceptors (Lipinski definition) is 5. The second-order valence-electron chi connectivity index (χ2n) is 3.21. The molecule has 17 heavy (non-hydrogen) atoms. The van der Waals surface area contributed by atoms with Gasteiger partial charge in [0.15, 0.2) is 0 Å². The minimum Gasteiger partial charge on any atom is -0.467 e. The van der Waals surface area contributed by atoms with Crippen LogP contribution >= 0.6 is 11.6 Å². The Morgan fingerprint density at radius 1 is 1.71 bits per heavy atom. The van der Waals surface area contributed by atoms with E-state index in [0.29, 0.717) is 16.3 Å². The van der Waals surface area contributed by atoms with E-state index in [1.807, 2.05) is 6.07 Å². The standard InChI is InChI=1S/C11H11ClN2O3/c1-17-11(16)10(6-15)14-9-3-2-7(5-13)4-8(9)12/h2-4,10,14-15H,6H2,1H3. The Hall–Kier alpha value is -1.77. The van der Waals surface area contributed by atoms with Gasteiger partial charge in [-0.2, -0.15) is 5.26 Å². The minimum atomic E-state index is -0.884. The first-order chi connectivity index (χ1) is 8.12. The van der Waals surface area contributed by atoms with Gasteiger partial charge in [-0.05, 0) is 18.2 Å². The Morgan fingerprint density at radius 3 is 2.88 bits per heavy atom. The highest BCUT2D eigenvalue weighted by atomic mass is 35.5. The number of nitriles is 1. The van der Waals surface area contributed by atoms with Gasteiger partial charge >= 0.3 is 5.97 Å². The predicted octanol–water partition coefficient (Wildman–Crippen LogP) is 1.16. The molecule has 0 saturated carbocycles. The van der Waals surface area contributed by atoms with Crippen LogP contribution in [0.25, 0.3) is 0 Å². The lowest BCUT2D eigenvalue weighted by atomic mass is 10.2. The average Bonchev–Trinajstić information content (AvgIpc) is 2.36. The highest BCUT2D eigenvalue weighted by Gasteiger charge is 2.18. The van der Waals surface area contributed by atoms with Crippen molar-refractivity contribution in [3.63, 3.8) is 0 Å². The van der Waals surface area contributed by atoms with Crippen LogP contribution in [0.5, 0.6) is 0 Å². The van der Waals surface area contributed by atoms with Gasteiger partial charge in [0.1, 0.15) is 6.04 Å². The Balaban J connectivity index is 2.87. The maximum atomic E-state index is 11.2. The number of aliphatic hydroxyl groups excluding tert-OH is 1. The highest BCUT2D eigenvalue weighted by molar-refractivity contribution is 6.33. The summed E-state index contributed by atoms with van der Waals surface area (Å²) in [5.41, 5.74) is 0.870. The summed E-state index contributed by atoms with van der Waals surface area (Å²) in [4.78, 5) is 11.2. The lowest BCUT2D eigenvalue weighted by Gasteiger charge is -2.16. The maximum absolute atomic E-state index is 11.2. The number of anilines is 1. The van der Waals surface area contributed by atoms with E-state index in [0.717, 1.165) is 0 Å². The molecule has 0 amide bonds. The average molecular weight is 255 g/mol. The van der Waals surface area contributed by atoms with Gasteiger partial charge in [-0.1, -0.05) is 11.6 Å². The molecule has 0 radical (unpaired) electrons. The summed E-state index contributed by atoms with van der Waals surface area (Å²) in [5.74, 6) is -0.590. The smallest absolute Gasteiger partial charge is 0.330 e. The fourth-order valence-electron chi connectivity index (χ4n) is 1.21. The maximum Gasteiger partial charge on any atom is 0.330 e. The third kappa shape index (κ3) is 3.34. The number of methoxy groups -OCH3 is 1. The van der Waals surface area contributed by atoms with Crippen molar-refractivity contribution < 1.29 is 14.6 Å². The molecule has 6 heteroatoms. The summed E-state index contributed by atoms with van der Waals surface area (Å²) in [7, 11) is 1.23. The van der Waals surface area contributed by atoms with Crippen molar-refractivity contribution >= 4 is 23.3 Å². The number of hydrogen-bond donors (Lipinski definition) is 2. The van der Waals surface area contributed by atoms with Crippen LogP contribution in [0.3, 0.4) is 0 Å².